The fourth-order valence-electron chi connectivity index (χ4n) is 4.68. The van der Waals surface area contributed by atoms with Crippen LogP contribution in [0.1, 0.15) is 52.6 Å². The molecule has 2 heterocycles. The molecule has 0 N–H and O–H groups in total. The van der Waals surface area contributed by atoms with E-state index in [1.807, 2.05) is 12.1 Å². The van der Waals surface area contributed by atoms with E-state index in [1.165, 1.54) is 9.80 Å². The number of azo groups is 1. The van der Waals surface area contributed by atoms with Gasteiger partial charge in [0.2, 0.25) is 0 Å². The van der Waals surface area contributed by atoms with Crippen molar-refractivity contribution in [1.82, 2.24) is 9.80 Å². The van der Waals surface area contributed by atoms with Gasteiger partial charge in [0, 0.05) is 0 Å². The minimum atomic E-state index is -0.312. The van der Waals surface area contributed by atoms with Crippen molar-refractivity contribution in [1.29, 1.82) is 0 Å². The van der Waals surface area contributed by atoms with Gasteiger partial charge in [-0.1, -0.05) is 48.5 Å². The summed E-state index contributed by atoms with van der Waals surface area (Å²) < 4.78 is 0. The topological polar surface area (TPSA) is 99.5 Å². The second kappa shape index (κ2) is 9.33. The van der Waals surface area contributed by atoms with Crippen molar-refractivity contribution >= 4 is 35.0 Å². The monoisotopic (exact) mass is 500 g/mol. The highest BCUT2D eigenvalue weighted by Crippen LogP contribution is 2.28. The lowest BCUT2D eigenvalue weighted by molar-refractivity contribution is 0.0627. The van der Waals surface area contributed by atoms with Gasteiger partial charge in [0.05, 0.1) is 46.7 Å². The molecule has 2 aliphatic heterocycles. The van der Waals surface area contributed by atoms with Gasteiger partial charge in [0.15, 0.2) is 0 Å². The summed E-state index contributed by atoms with van der Waals surface area (Å²) in [6, 6.07) is 27.9. The summed E-state index contributed by atoms with van der Waals surface area (Å²) in [7, 11) is 0. The molecule has 8 heteroatoms. The van der Waals surface area contributed by atoms with E-state index in [0.717, 1.165) is 11.1 Å². The first-order chi connectivity index (χ1) is 18.5. The first-order valence-electron chi connectivity index (χ1n) is 12.0. The third-order valence-corrected chi connectivity index (χ3v) is 6.54. The van der Waals surface area contributed by atoms with E-state index in [1.54, 1.807) is 84.9 Å². The summed E-state index contributed by atoms with van der Waals surface area (Å²) in [4.78, 5) is 53.2. The lowest BCUT2D eigenvalue weighted by atomic mass is 10.1. The molecule has 2 aliphatic rings. The average Bonchev–Trinajstić information content (AvgIpc) is 3.33. The molecule has 6 rings (SSSR count). The third kappa shape index (κ3) is 4.08. The Labute approximate surface area is 217 Å². The van der Waals surface area contributed by atoms with E-state index >= 15 is 0 Å². The van der Waals surface area contributed by atoms with Gasteiger partial charge < -0.3 is 0 Å². The number of hydrogen-bond acceptors (Lipinski definition) is 6. The number of carbonyl (C=O) groups excluding carboxylic acids is 4. The number of benzene rings is 4. The summed E-state index contributed by atoms with van der Waals surface area (Å²) in [6.45, 7) is 0.261. The molecule has 0 fully saturated rings. The maximum atomic E-state index is 12.7. The zero-order valence-corrected chi connectivity index (χ0v) is 20.1. The van der Waals surface area contributed by atoms with Crippen LogP contribution >= 0.6 is 0 Å². The molecule has 38 heavy (non-hydrogen) atoms. The van der Waals surface area contributed by atoms with E-state index in [2.05, 4.69) is 10.2 Å². The Kier molecular flexibility index (Phi) is 5.69. The zero-order valence-electron chi connectivity index (χ0n) is 20.1. The number of hydrogen-bond donors (Lipinski definition) is 0. The van der Waals surface area contributed by atoms with Crippen LogP contribution in [-0.2, 0) is 13.1 Å². The fourth-order valence-corrected chi connectivity index (χ4v) is 4.68. The normalized spacial score (nSPS) is 14.5. The Morgan fingerprint density at radius 3 is 1.13 bits per heavy atom. The number of imide groups is 2. The molecule has 4 aromatic carbocycles. The Hall–Kier alpha value is -5.24. The van der Waals surface area contributed by atoms with Gasteiger partial charge in [-0.15, -0.1) is 0 Å². The lowest BCUT2D eigenvalue weighted by Gasteiger charge is -2.14. The van der Waals surface area contributed by atoms with Crippen LogP contribution in [-0.4, -0.2) is 33.4 Å². The predicted molar refractivity (Wildman–Crippen MR) is 138 cm³/mol. The summed E-state index contributed by atoms with van der Waals surface area (Å²) in [5.74, 6) is -1.25. The number of carbonyl (C=O) groups is 4. The molecule has 4 aromatic rings. The number of nitrogens with zero attached hydrogens (tertiary/aromatic N) is 4. The third-order valence-electron chi connectivity index (χ3n) is 6.54. The Bertz CT molecular complexity index is 1480. The zero-order chi connectivity index (χ0) is 26.2. The Morgan fingerprint density at radius 1 is 0.447 bits per heavy atom. The second-order valence-electron chi connectivity index (χ2n) is 9.02. The minimum Gasteiger partial charge on any atom is -0.270 e. The fraction of sp³-hybridized carbons (Fsp3) is 0.0667. The van der Waals surface area contributed by atoms with Crippen LogP contribution in [0.5, 0.6) is 0 Å². The molecule has 0 atom stereocenters. The molecule has 0 saturated carbocycles. The predicted octanol–water partition coefficient (Wildman–Crippen LogP) is 5.69. The number of rotatable bonds is 6. The first-order valence-corrected chi connectivity index (χ1v) is 12.0. The highest BCUT2D eigenvalue weighted by Gasteiger charge is 2.36. The van der Waals surface area contributed by atoms with Crippen molar-refractivity contribution in [2.24, 2.45) is 10.2 Å². The van der Waals surface area contributed by atoms with E-state index in [4.69, 9.17) is 0 Å². The summed E-state index contributed by atoms with van der Waals surface area (Å²) in [6.07, 6.45) is 0. The SMILES string of the molecule is O=C1c2ccccc2C(=O)N1Cc1cccc(N=Nc2cccc(CN3C(=O)c4ccccc4C3=O)c2)c1. The Morgan fingerprint density at radius 2 is 0.789 bits per heavy atom. The van der Waals surface area contributed by atoms with Crippen LogP contribution in [0.15, 0.2) is 107 Å². The molecule has 0 spiro atoms. The molecule has 4 amide bonds. The Balaban J connectivity index is 1.16. The maximum absolute atomic E-state index is 12.7. The largest absolute Gasteiger partial charge is 0.270 e. The summed E-state index contributed by atoms with van der Waals surface area (Å²) in [5.41, 5.74) is 4.26. The van der Waals surface area contributed by atoms with E-state index in [9.17, 15) is 19.2 Å². The summed E-state index contributed by atoms with van der Waals surface area (Å²) >= 11 is 0. The first kappa shape index (κ1) is 23.2. The van der Waals surface area contributed by atoms with Crippen molar-refractivity contribution in [3.05, 3.63) is 130 Å². The quantitative estimate of drug-likeness (QED) is 0.251. The standard InChI is InChI=1S/C30H20N4O4/c35-27-23-11-1-2-12-24(23)28(36)33(27)17-19-7-5-9-21(15-19)31-32-22-10-6-8-20(16-22)18-34-29(37)25-13-3-4-14-26(25)30(34)38/h1-16H,17-18H2. The van der Waals surface area contributed by atoms with Crippen LogP contribution in [0.2, 0.25) is 0 Å². The van der Waals surface area contributed by atoms with E-state index in [-0.39, 0.29) is 36.7 Å². The van der Waals surface area contributed by atoms with Crippen LogP contribution < -0.4 is 0 Å². The molecule has 184 valence electrons. The smallest absolute Gasteiger partial charge is 0.261 e. The van der Waals surface area contributed by atoms with Crippen molar-refractivity contribution in [2.45, 2.75) is 13.1 Å². The molecule has 8 nitrogen and oxygen atoms in total. The van der Waals surface area contributed by atoms with Gasteiger partial charge in [-0.2, -0.15) is 10.2 Å². The van der Waals surface area contributed by atoms with E-state index < -0.39 is 0 Å². The number of amides is 4. The molecule has 0 unspecified atom stereocenters. The number of fused-ring (bicyclic) bond motifs is 2. The van der Waals surface area contributed by atoms with Gasteiger partial charge in [-0.3, -0.25) is 29.0 Å². The van der Waals surface area contributed by atoms with Gasteiger partial charge >= 0.3 is 0 Å². The molecular formula is C30H20N4O4. The highest BCUT2D eigenvalue weighted by atomic mass is 16.2. The molecule has 0 aliphatic carbocycles. The van der Waals surface area contributed by atoms with Crippen LogP contribution in [0.4, 0.5) is 11.4 Å². The van der Waals surface area contributed by atoms with Crippen molar-refractivity contribution in [2.75, 3.05) is 0 Å². The summed E-state index contributed by atoms with van der Waals surface area (Å²) in [5, 5.41) is 8.63. The van der Waals surface area contributed by atoms with Gasteiger partial charge in [-0.25, -0.2) is 0 Å². The van der Waals surface area contributed by atoms with Crippen LogP contribution in [0, 0.1) is 0 Å². The molecule has 0 radical (unpaired) electrons. The van der Waals surface area contributed by atoms with E-state index in [0.29, 0.717) is 33.6 Å². The van der Waals surface area contributed by atoms with Crippen molar-refractivity contribution in [3.63, 3.8) is 0 Å². The highest BCUT2D eigenvalue weighted by molar-refractivity contribution is 6.22. The molecule has 0 saturated heterocycles. The van der Waals surface area contributed by atoms with Crippen LogP contribution in [0.25, 0.3) is 0 Å². The second-order valence-corrected chi connectivity index (χ2v) is 9.02. The average molecular weight is 501 g/mol. The molecule has 0 bridgehead atoms. The van der Waals surface area contributed by atoms with Crippen molar-refractivity contribution in [3.8, 4) is 0 Å². The minimum absolute atomic E-state index is 0.130. The van der Waals surface area contributed by atoms with Crippen molar-refractivity contribution < 1.29 is 19.2 Å². The van der Waals surface area contributed by atoms with Gasteiger partial charge in [0.1, 0.15) is 0 Å². The van der Waals surface area contributed by atoms with Gasteiger partial charge in [-0.05, 0) is 59.7 Å². The maximum Gasteiger partial charge on any atom is 0.261 e. The lowest BCUT2D eigenvalue weighted by Crippen LogP contribution is -2.29. The molecule has 0 aromatic heterocycles. The van der Waals surface area contributed by atoms with Crippen LogP contribution in [0.3, 0.4) is 0 Å². The van der Waals surface area contributed by atoms with Gasteiger partial charge in [0.25, 0.3) is 23.6 Å². The molecular weight excluding hydrogens is 480 g/mol.